The van der Waals surface area contributed by atoms with Gasteiger partial charge in [0.05, 0.1) is 44.8 Å². The Kier molecular flexibility index (Phi) is 11.8. The Balaban J connectivity index is 0.825. The molecule has 0 unspecified atom stereocenters. The van der Waals surface area contributed by atoms with Gasteiger partial charge in [0.25, 0.3) is 23.6 Å². The number of carbonyl (C=O) groups is 10. The molecule has 14 nitrogen and oxygen atoms in total. The quantitative estimate of drug-likeness (QED) is 0.0594. The predicted octanol–water partition coefficient (Wildman–Crippen LogP) is 8.94. The van der Waals surface area contributed by atoms with E-state index in [0.29, 0.717) is 11.1 Å². The van der Waals surface area contributed by atoms with Gasteiger partial charge >= 0.3 is 11.9 Å². The molecule has 2 N–H and O–H groups in total. The molecule has 2 heterocycles. The minimum Gasteiger partial charge on any atom is -0.478 e. The van der Waals surface area contributed by atoms with Crippen LogP contribution in [0.2, 0.25) is 0 Å². The second-order valence-corrected chi connectivity index (χ2v) is 16.0. The molecule has 0 spiro atoms. The Bertz CT molecular complexity index is 3300. The van der Waals surface area contributed by atoms with Crippen molar-refractivity contribution in [2.75, 3.05) is 9.80 Å². The zero-order valence-corrected chi connectivity index (χ0v) is 36.2. The fourth-order valence-corrected chi connectivity index (χ4v) is 7.95. The maximum atomic E-state index is 13.6. The molecule has 0 fully saturated rings. The van der Waals surface area contributed by atoms with Crippen molar-refractivity contribution in [1.82, 2.24) is 0 Å². The Morgan fingerprint density at radius 1 is 0.343 bits per heavy atom. The van der Waals surface area contributed by atoms with E-state index in [9.17, 15) is 47.9 Å². The van der Waals surface area contributed by atoms with Crippen molar-refractivity contribution in [3.8, 4) is 0 Å². The molecule has 338 valence electrons. The molecule has 0 bridgehead atoms. The molecule has 2 aliphatic heterocycles. The van der Waals surface area contributed by atoms with Crippen molar-refractivity contribution in [2.24, 2.45) is 0 Å². The van der Waals surface area contributed by atoms with Crippen LogP contribution in [0.1, 0.15) is 126 Å². The number of benzene rings is 7. The molecule has 2 aliphatic rings. The number of hydrogen-bond donors (Lipinski definition) is 2. The molecular formula is C56H32N2O12. The Morgan fingerprint density at radius 3 is 1.03 bits per heavy atom. The lowest BCUT2D eigenvalue weighted by molar-refractivity contribution is 0.0686. The van der Waals surface area contributed by atoms with Gasteiger partial charge in [0, 0.05) is 33.4 Å². The van der Waals surface area contributed by atoms with Crippen molar-refractivity contribution in [2.45, 2.75) is 0 Å². The van der Waals surface area contributed by atoms with Gasteiger partial charge in [-0.15, -0.1) is 0 Å². The summed E-state index contributed by atoms with van der Waals surface area (Å²) in [6.07, 6.45) is 5.82. The number of ketones is 4. The first-order valence-electron chi connectivity index (χ1n) is 21.2. The summed E-state index contributed by atoms with van der Waals surface area (Å²) in [7, 11) is 0. The van der Waals surface area contributed by atoms with Crippen molar-refractivity contribution >= 4 is 82.2 Å². The third-order valence-corrected chi connectivity index (χ3v) is 11.7. The molecule has 0 radical (unpaired) electrons. The van der Waals surface area contributed by atoms with E-state index in [1.165, 1.54) is 146 Å². The van der Waals surface area contributed by atoms with Crippen LogP contribution in [0.3, 0.4) is 0 Å². The summed E-state index contributed by atoms with van der Waals surface area (Å²) >= 11 is 0. The van der Waals surface area contributed by atoms with E-state index >= 15 is 0 Å². The van der Waals surface area contributed by atoms with Crippen LogP contribution in [-0.4, -0.2) is 68.9 Å². The number of carboxylic acid groups (broad SMARTS) is 2. The third kappa shape index (κ3) is 8.58. The first-order chi connectivity index (χ1) is 33.7. The lowest BCUT2D eigenvalue weighted by atomic mass is 9.98. The molecule has 7 aromatic carbocycles. The number of fused-ring (bicyclic) bond motifs is 2. The van der Waals surface area contributed by atoms with Crippen molar-refractivity contribution in [3.05, 3.63) is 248 Å². The molecule has 0 atom stereocenters. The highest BCUT2D eigenvalue weighted by Gasteiger charge is 2.39. The highest BCUT2D eigenvalue weighted by Crippen LogP contribution is 2.32. The number of imide groups is 2. The number of carbonyl (C=O) groups excluding carboxylic acids is 8. The van der Waals surface area contributed by atoms with Gasteiger partial charge in [-0.3, -0.25) is 38.4 Å². The van der Waals surface area contributed by atoms with Crippen molar-refractivity contribution < 1.29 is 58.2 Å². The van der Waals surface area contributed by atoms with Gasteiger partial charge in [-0.2, -0.15) is 0 Å². The lowest BCUT2D eigenvalue weighted by Gasteiger charge is -2.14. The van der Waals surface area contributed by atoms with Gasteiger partial charge in [0.2, 0.25) is 0 Å². The van der Waals surface area contributed by atoms with Gasteiger partial charge < -0.3 is 10.2 Å². The van der Waals surface area contributed by atoms with E-state index in [1.54, 1.807) is 36.4 Å². The third-order valence-electron chi connectivity index (χ3n) is 11.7. The van der Waals surface area contributed by atoms with E-state index < -0.39 is 58.7 Å². The van der Waals surface area contributed by atoms with E-state index in [1.807, 2.05) is 0 Å². The number of allylic oxidation sites excluding steroid dienone is 2. The van der Waals surface area contributed by atoms with Gasteiger partial charge in [-0.25, -0.2) is 19.4 Å². The van der Waals surface area contributed by atoms with Crippen LogP contribution >= 0.6 is 0 Å². The summed E-state index contributed by atoms with van der Waals surface area (Å²) in [6.45, 7) is 0. The molecule has 0 saturated heterocycles. The lowest BCUT2D eigenvalue weighted by Crippen LogP contribution is -2.29. The molecular weight excluding hydrogens is 893 g/mol. The highest BCUT2D eigenvalue weighted by molar-refractivity contribution is 6.36. The average Bonchev–Trinajstić information content (AvgIpc) is 3.79. The summed E-state index contributed by atoms with van der Waals surface area (Å²) in [4.78, 5) is 131. The SMILES string of the molecule is O=C(O)c1ccc(C(=O)c2ccc3c(c2)C(=O)N(c2cccc(C(=O)C=Cc4ccc(C=CC(=O)c5cccc(N6C(=O)c7ccc(C(=O)c8ccc(C(=O)O)cc8)cc7C6=O)c5)cc4)c2)C3=O)cc1. The molecule has 14 heteroatoms. The zero-order valence-electron chi connectivity index (χ0n) is 36.2. The largest absolute Gasteiger partial charge is 0.478 e. The zero-order chi connectivity index (χ0) is 49.4. The average molecular weight is 925 g/mol. The molecule has 0 aromatic heterocycles. The van der Waals surface area contributed by atoms with E-state index in [0.717, 1.165) is 9.80 Å². The van der Waals surface area contributed by atoms with E-state index in [-0.39, 0.29) is 78.1 Å². The summed E-state index contributed by atoms with van der Waals surface area (Å²) in [5.41, 5.74) is 2.83. The number of anilines is 2. The standard InChI is InChI=1S/C56H32N2O12/c59-47(37-3-1-5-41(27-37)57-51(63)43-23-21-39(29-45(43)53(57)65)49(61)33-13-17-35(18-14-33)55(67)68)25-11-31-7-9-32(10-8-31)12-26-48(60)38-4-2-6-42(28-38)58-52(64)44-24-22-40(30-46(44)54(58)66)50(62)34-15-19-36(20-16-34)56(69)70/h1-30H,(H,67,68)(H,69,70). The van der Waals surface area contributed by atoms with Crippen LogP contribution in [0.4, 0.5) is 11.4 Å². The predicted molar refractivity (Wildman–Crippen MR) is 255 cm³/mol. The number of hydrogen-bond acceptors (Lipinski definition) is 10. The minimum absolute atomic E-state index is 0.00498. The topological polar surface area (TPSA) is 218 Å². The second-order valence-electron chi connectivity index (χ2n) is 16.0. The van der Waals surface area contributed by atoms with Crippen LogP contribution in [0.5, 0.6) is 0 Å². The maximum Gasteiger partial charge on any atom is 0.335 e. The van der Waals surface area contributed by atoms with E-state index in [2.05, 4.69) is 0 Å². The van der Waals surface area contributed by atoms with Crippen LogP contribution in [0.25, 0.3) is 12.2 Å². The number of rotatable bonds is 14. The molecule has 70 heavy (non-hydrogen) atoms. The Labute approximate surface area is 396 Å². The molecule has 0 aliphatic carbocycles. The van der Waals surface area contributed by atoms with Gasteiger partial charge in [0.1, 0.15) is 0 Å². The number of amides is 4. The fraction of sp³-hybridized carbons (Fsp3) is 0. The highest BCUT2D eigenvalue weighted by atomic mass is 16.4. The maximum absolute atomic E-state index is 13.6. The molecule has 4 amide bonds. The first-order valence-corrected chi connectivity index (χ1v) is 21.2. The normalized spacial score (nSPS) is 13.0. The van der Waals surface area contributed by atoms with Crippen molar-refractivity contribution in [1.29, 1.82) is 0 Å². The van der Waals surface area contributed by atoms with Crippen LogP contribution in [0, 0.1) is 0 Å². The van der Waals surface area contributed by atoms with E-state index in [4.69, 9.17) is 10.2 Å². The second kappa shape index (κ2) is 18.3. The number of aromatic carboxylic acids is 2. The number of nitrogens with zero attached hydrogens (tertiary/aromatic N) is 2. The monoisotopic (exact) mass is 924 g/mol. The summed E-state index contributed by atoms with van der Waals surface area (Å²) in [5.74, 6) is -6.68. The van der Waals surface area contributed by atoms with Gasteiger partial charge in [-0.1, -0.05) is 97.1 Å². The van der Waals surface area contributed by atoms with Crippen molar-refractivity contribution in [3.63, 3.8) is 0 Å². The van der Waals surface area contributed by atoms with Crippen LogP contribution in [-0.2, 0) is 0 Å². The summed E-state index contributed by atoms with van der Waals surface area (Å²) in [6, 6.07) is 37.8. The first kappa shape index (κ1) is 45.1. The molecule has 7 aromatic rings. The smallest absolute Gasteiger partial charge is 0.335 e. The van der Waals surface area contributed by atoms with Crippen LogP contribution < -0.4 is 9.80 Å². The summed E-state index contributed by atoms with van der Waals surface area (Å²) < 4.78 is 0. The fourth-order valence-electron chi connectivity index (χ4n) is 7.95. The molecule has 9 rings (SSSR count). The van der Waals surface area contributed by atoms with Gasteiger partial charge in [-0.05, 0) is 96.1 Å². The minimum atomic E-state index is -1.14. The number of carboxylic acids is 2. The summed E-state index contributed by atoms with van der Waals surface area (Å²) in [5, 5.41) is 18.3. The Morgan fingerprint density at radius 2 is 0.671 bits per heavy atom. The van der Waals surface area contributed by atoms with Crippen LogP contribution in [0.15, 0.2) is 170 Å². The molecule has 0 saturated carbocycles. The van der Waals surface area contributed by atoms with Gasteiger partial charge in [0.15, 0.2) is 23.1 Å². The Hall–Kier alpha value is -10.1.